The monoisotopic (exact) mass is 376 g/mol. The van der Waals surface area contributed by atoms with Crippen molar-refractivity contribution in [3.05, 3.63) is 23.8 Å². The Morgan fingerprint density at radius 3 is 2.73 bits per heavy atom. The highest BCUT2D eigenvalue weighted by Gasteiger charge is 2.58. The van der Waals surface area contributed by atoms with Crippen LogP contribution in [-0.4, -0.2) is 46.2 Å². The molecule has 2 saturated carbocycles. The van der Waals surface area contributed by atoms with Crippen LogP contribution in [0.5, 0.6) is 0 Å². The first-order valence-corrected chi connectivity index (χ1v) is 10.4. The highest BCUT2D eigenvalue weighted by molar-refractivity contribution is 7.86. The Morgan fingerprint density at radius 1 is 1.27 bits per heavy atom. The zero-order chi connectivity index (χ0) is 17.9. The van der Waals surface area contributed by atoms with Crippen LogP contribution in [0.1, 0.15) is 55.5 Å². The molecule has 0 amide bonds. The molecule has 3 aliphatic rings. The van der Waals surface area contributed by atoms with Gasteiger partial charge in [-0.1, -0.05) is 5.16 Å². The standard InChI is InChI=1S/C16H20N6O3S/c17-26(23,24)22-7-4-16(5-8-22)9-12(16)14-19-15(25-21-14)11-3-6-18-20-13(11)10-1-2-10/h3,6,10,12H,1-2,4-5,7-9H2,(H2,17,23,24)/t12-/m0/s1. The second-order valence-electron chi connectivity index (χ2n) is 7.63. The van der Waals surface area contributed by atoms with Crippen LogP contribution in [0.2, 0.25) is 0 Å². The number of nitrogens with two attached hydrogens (primary N) is 1. The molecule has 1 saturated heterocycles. The summed E-state index contributed by atoms with van der Waals surface area (Å²) in [5, 5.41) is 17.7. The van der Waals surface area contributed by atoms with E-state index in [2.05, 4.69) is 20.3 Å². The lowest BCUT2D eigenvalue weighted by molar-refractivity contribution is 0.249. The summed E-state index contributed by atoms with van der Waals surface area (Å²) in [5.74, 6) is 1.88. The average molecular weight is 376 g/mol. The SMILES string of the molecule is NS(=O)(=O)N1CCC2(CC1)C[C@H]2c1noc(-c2ccnnc2C2CC2)n1. The molecule has 0 unspecified atom stereocenters. The molecule has 2 aromatic rings. The van der Waals surface area contributed by atoms with E-state index in [1.807, 2.05) is 6.07 Å². The Morgan fingerprint density at radius 2 is 2.04 bits per heavy atom. The van der Waals surface area contributed by atoms with E-state index >= 15 is 0 Å². The van der Waals surface area contributed by atoms with Gasteiger partial charge in [0.1, 0.15) is 0 Å². The highest BCUT2D eigenvalue weighted by Crippen LogP contribution is 2.64. The van der Waals surface area contributed by atoms with Gasteiger partial charge in [-0.2, -0.15) is 27.9 Å². The van der Waals surface area contributed by atoms with Crippen molar-refractivity contribution in [3.8, 4) is 11.5 Å². The quantitative estimate of drug-likeness (QED) is 0.848. The number of nitrogens with zero attached hydrogens (tertiary/aromatic N) is 5. The van der Waals surface area contributed by atoms with Gasteiger partial charge in [0.05, 0.1) is 17.5 Å². The number of rotatable bonds is 4. The van der Waals surface area contributed by atoms with Crippen molar-refractivity contribution in [2.24, 2.45) is 10.6 Å². The maximum Gasteiger partial charge on any atom is 0.276 e. The zero-order valence-electron chi connectivity index (χ0n) is 14.2. The first-order valence-electron chi connectivity index (χ1n) is 8.90. The molecule has 0 bridgehead atoms. The second-order valence-corrected chi connectivity index (χ2v) is 9.17. The zero-order valence-corrected chi connectivity index (χ0v) is 15.0. The van der Waals surface area contributed by atoms with Crippen LogP contribution in [0.4, 0.5) is 0 Å². The molecule has 0 aromatic carbocycles. The van der Waals surface area contributed by atoms with Crippen molar-refractivity contribution < 1.29 is 12.9 Å². The lowest BCUT2D eigenvalue weighted by atomic mass is 9.92. The first kappa shape index (κ1) is 16.3. The normalized spacial score (nSPS) is 25.5. The van der Waals surface area contributed by atoms with Crippen molar-refractivity contribution in [1.82, 2.24) is 24.6 Å². The van der Waals surface area contributed by atoms with Crippen LogP contribution in [0, 0.1) is 5.41 Å². The van der Waals surface area contributed by atoms with E-state index < -0.39 is 10.2 Å². The molecule has 0 radical (unpaired) electrons. The number of hydrogen-bond acceptors (Lipinski definition) is 7. The summed E-state index contributed by atoms with van der Waals surface area (Å²) < 4.78 is 29.8. The van der Waals surface area contributed by atoms with Crippen molar-refractivity contribution in [2.45, 2.75) is 43.9 Å². The van der Waals surface area contributed by atoms with Gasteiger partial charge in [-0.25, -0.2) is 5.14 Å². The van der Waals surface area contributed by atoms with Gasteiger partial charge in [-0.3, -0.25) is 0 Å². The molecular formula is C16H20N6O3S. The third kappa shape index (κ3) is 2.72. The van der Waals surface area contributed by atoms with Gasteiger partial charge in [0.25, 0.3) is 16.1 Å². The Kier molecular flexibility index (Phi) is 3.47. The van der Waals surface area contributed by atoms with E-state index in [0.29, 0.717) is 30.7 Å². The average Bonchev–Trinajstić information content (AvgIpc) is 3.53. The summed E-state index contributed by atoms with van der Waals surface area (Å²) in [6.45, 7) is 0.917. The minimum Gasteiger partial charge on any atom is -0.334 e. The molecule has 3 heterocycles. The molecule has 5 rings (SSSR count). The van der Waals surface area contributed by atoms with Gasteiger partial charge in [-0.15, -0.1) is 0 Å². The summed E-state index contributed by atoms with van der Waals surface area (Å²) in [7, 11) is -3.60. The minimum absolute atomic E-state index is 0.0815. The molecule has 1 atom stereocenters. The molecule has 26 heavy (non-hydrogen) atoms. The van der Waals surface area contributed by atoms with Gasteiger partial charge in [0, 0.05) is 24.9 Å². The van der Waals surface area contributed by atoms with Crippen LogP contribution in [-0.2, 0) is 10.2 Å². The molecule has 1 aliphatic heterocycles. The second kappa shape index (κ2) is 5.54. The van der Waals surface area contributed by atoms with Crippen molar-refractivity contribution >= 4 is 10.2 Å². The Bertz CT molecular complexity index is 946. The molecule has 9 nitrogen and oxygen atoms in total. The van der Waals surface area contributed by atoms with Gasteiger partial charge in [0.2, 0.25) is 0 Å². The predicted octanol–water partition coefficient (Wildman–Crippen LogP) is 1.18. The summed E-state index contributed by atoms with van der Waals surface area (Å²) in [6, 6.07) is 1.88. The summed E-state index contributed by atoms with van der Waals surface area (Å²) in [5.41, 5.74) is 1.90. The van der Waals surface area contributed by atoms with Gasteiger partial charge >= 0.3 is 0 Å². The lowest BCUT2D eigenvalue weighted by Crippen LogP contribution is -2.43. The molecule has 3 fully saturated rings. The van der Waals surface area contributed by atoms with E-state index in [-0.39, 0.29) is 11.3 Å². The fraction of sp³-hybridized carbons (Fsp3) is 0.625. The minimum atomic E-state index is -3.60. The van der Waals surface area contributed by atoms with Crippen LogP contribution < -0.4 is 5.14 Å². The largest absolute Gasteiger partial charge is 0.334 e. The number of piperidine rings is 1. The maximum absolute atomic E-state index is 11.5. The van der Waals surface area contributed by atoms with Gasteiger partial charge in [0.15, 0.2) is 5.82 Å². The first-order chi connectivity index (χ1) is 12.5. The summed E-state index contributed by atoms with van der Waals surface area (Å²) >= 11 is 0. The van der Waals surface area contributed by atoms with Gasteiger partial charge in [-0.05, 0) is 43.6 Å². The van der Waals surface area contributed by atoms with E-state index in [9.17, 15) is 8.42 Å². The molecule has 138 valence electrons. The topological polar surface area (TPSA) is 128 Å². The molecule has 10 heteroatoms. The summed E-state index contributed by atoms with van der Waals surface area (Å²) in [4.78, 5) is 4.63. The van der Waals surface area contributed by atoms with Crippen LogP contribution >= 0.6 is 0 Å². The molecular weight excluding hydrogens is 356 g/mol. The van der Waals surface area contributed by atoms with Crippen LogP contribution in [0.15, 0.2) is 16.8 Å². The Hall–Kier alpha value is -1.91. The Labute approximate surface area is 151 Å². The van der Waals surface area contributed by atoms with Crippen molar-refractivity contribution in [3.63, 3.8) is 0 Å². The van der Waals surface area contributed by atoms with E-state index in [4.69, 9.17) is 9.66 Å². The highest BCUT2D eigenvalue weighted by atomic mass is 32.2. The predicted molar refractivity (Wildman–Crippen MR) is 91.0 cm³/mol. The molecule has 2 N–H and O–H groups in total. The van der Waals surface area contributed by atoms with Crippen molar-refractivity contribution in [2.75, 3.05) is 13.1 Å². The molecule has 2 aromatic heterocycles. The lowest BCUT2D eigenvalue weighted by Gasteiger charge is -2.30. The van der Waals surface area contributed by atoms with Crippen molar-refractivity contribution in [1.29, 1.82) is 0 Å². The third-order valence-corrected chi connectivity index (χ3v) is 7.05. The molecule has 1 spiro atoms. The number of hydrogen-bond donors (Lipinski definition) is 1. The fourth-order valence-electron chi connectivity index (χ4n) is 4.12. The molecule has 2 aliphatic carbocycles. The maximum atomic E-state index is 11.5. The van der Waals surface area contributed by atoms with Crippen LogP contribution in [0.25, 0.3) is 11.5 Å². The van der Waals surface area contributed by atoms with E-state index in [1.165, 1.54) is 4.31 Å². The Balaban J connectivity index is 1.34. The van der Waals surface area contributed by atoms with Gasteiger partial charge < -0.3 is 4.52 Å². The third-order valence-electron chi connectivity index (χ3n) is 5.96. The fourth-order valence-corrected chi connectivity index (χ4v) is 4.81. The smallest absolute Gasteiger partial charge is 0.276 e. The number of aromatic nitrogens is 4. The van der Waals surface area contributed by atoms with E-state index in [1.54, 1.807) is 6.20 Å². The van der Waals surface area contributed by atoms with Crippen LogP contribution in [0.3, 0.4) is 0 Å². The van der Waals surface area contributed by atoms with E-state index in [0.717, 1.165) is 43.4 Å². The summed E-state index contributed by atoms with van der Waals surface area (Å²) in [6.07, 6.45) is 6.42.